The Balaban J connectivity index is 2.01. The van der Waals surface area contributed by atoms with E-state index in [1.165, 1.54) is 19.3 Å². The number of carboxylic acids is 1. The van der Waals surface area contributed by atoms with Gasteiger partial charge in [0.15, 0.2) is 5.69 Å². The molecule has 1 aromatic heterocycles. The van der Waals surface area contributed by atoms with Crippen LogP contribution in [-0.2, 0) is 6.54 Å². The molecule has 0 radical (unpaired) electrons. The minimum atomic E-state index is -0.951. The first-order valence-corrected chi connectivity index (χ1v) is 5.42. The Hall–Kier alpha value is -1.32. The molecule has 1 saturated carbocycles. The topological polar surface area (TPSA) is 55.1 Å². The summed E-state index contributed by atoms with van der Waals surface area (Å²) in [5.74, 6) is 0.481. The Bertz CT molecular complexity index is 359. The number of hydrogen-bond donors (Lipinski definition) is 1. The van der Waals surface area contributed by atoms with Crippen molar-refractivity contribution in [3.05, 3.63) is 18.2 Å². The van der Waals surface area contributed by atoms with Crippen molar-refractivity contribution in [1.29, 1.82) is 0 Å². The number of nitrogens with zero attached hydrogens (tertiary/aromatic N) is 2. The zero-order valence-electron chi connectivity index (χ0n) is 8.89. The van der Waals surface area contributed by atoms with Crippen LogP contribution in [0.3, 0.4) is 0 Å². The average Bonchev–Trinajstić information content (AvgIpc) is 2.77. The van der Waals surface area contributed by atoms with E-state index in [-0.39, 0.29) is 5.69 Å². The van der Waals surface area contributed by atoms with E-state index in [0.29, 0.717) is 5.92 Å². The van der Waals surface area contributed by atoms with Gasteiger partial charge in [0.1, 0.15) is 0 Å². The van der Waals surface area contributed by atoms with Crippen molar-refractivity contribution in [3.8, 4) is 0 Å². The zero-order chi connectivity index (χ0) is 10.8. The number of aromatic carboxylic acids is 1. The summed E-state index contributed by atoms with van der Waals surface area (Å²) >= 11 is 0. The van der Waals surface area contributed by atoms with Crippen molar-refractivity contribution in [3.63, 3.8) is 0 Å². The van der Waals surface area contributed by atoms with Gasteiger partial charge in [-0.15, -0.1) is 0 Å². The standard InChI is InChI=1S/C11H16N2O2/c1-8-3-2-4-9(8)5-13-6-10(11(14)15)12-7-13/h6-9H,2-5H2,1H3,(H,14,15). The molecule has 1 aromatic rings. The third-order valence-electron chi connectivity index (χ3n) is 3.34. The van der Waals surface area contributed by atoms with Crippen molar-refractivity contribution in [2.45, 2.75) is 32.7 Å². The summed E-state index contributed by atoms with van der Waals surface area (Å²) in [5, 5.41) is 8.74. The molecule has 1 N–H and O–H groups in total. The second-order valence-corrected chi connectivity index (χ2v) is 4.43. The number of imidazole rings is 1. The highest BCUT2D eigenvalue weighted by Gasteiger charge is 2.23. The summed E-state index contributed by atoms with van der Waals surface area (Å²) in [7, 11) is 0. The maximum Gasteiger partial charge on any atom is 0.356 e. The maximum absolute atomic E-state index is 10.6. The number of rotatable bonds is 3. The lowest BCUT2D eigenvalue weighted by molar-refractivity contribution is 0.0691. The molecule has 1 fully saturated rings. The van der Waals surface area contributed by atoms with E-state index >= 15 is 0 Å². The molecule has 1 aliphatic rings. The minimum Gasteiger partial charge on any atom is -0.476 e. The van der Waals surface area contributed by atoms with Crippen LogP contribution in [0.15, 0.2) is 12.5 Å². The molecule has 0 amide bonds. The molecule has 4 nitrogen and oxygen atoms in total. The van der Waals surface area contributed by atoms with Gasteiger partial charge in [-0.05, 0) is 18.3 Å². The van der Waals surface area contributed by atoms with Crippen LogP contribution >= 0.6 is 0 Å². The zero-order valence-corrected chi connectivity index (χ0v) is 8.89. The van der Waals surface area contributed by atoms with Gasteiger partial charge >= 0.3 is 5.97 Å². The van der Waals surface area contributed by atoms with Crippen molar-refractivity contribution < 1.29 is 9.90 Å². The molecule has 1 aliphatic carbocycles. The summed E-state index contributed by atoms with van der Waals surface area (Å²) in [4.78, 5) is 14.5. The first-order chi connectivity index (χ1) is 7.16. The largest absolute Gasteiger partial charge is 0.476 e. The highest BCUT2D eigenvalue weighted by atomic mass is 16.4. The predicted octanol–water partition coefficient (Wildman–Crippen LogP) is 2.02. The molecule has 82 valence electrons. The first kappa shape index (κ1) is 10.2. The van der Waals surface area contributed by atoms with E-state index in [1.54, 1.807) is 12.5 Å². The van der Waals surface area contributed by atoms with Crippen LogP contribution in [0, 0.1) is 11.8 Å². The van der Waals surface area contributed by atoms with Gasteiger partial charge < -0.3 is 9.67 Å². The van der Waals surface area contributed by atoms with E-state index in [4.69, 9.17) is 5.11 Å². The number of carbonyl (C=O) groups is 1. The first-order valence-electron chi connectivity index (χ1n) is 5.42. The fourth-order valence-electron chi connectivity index (χ4n) is 2.33. The molecular formula is C11H16N2O2. The highest BCUT2D eigenvalue weighted by Crippen LogP contribution is 2.32. The minimum absolute atomic E-state index is 0.139. The molecule has 2 rings (SSSR count). The van der Waals surface area contributed by atoms with Gasteiger partial charge in [-0.25, -0.2) is 9.78 Å². The van der Waals surface area contributed by atoms with Crippen molar-refractivity contribution >= 4 is 5.97 Å². The van der Waals surface area contributed by atoms with Gasteiger partial charge in [0.25, 0.3) is 0 Å². The Kier molecular flexibility index (Phi) is 2.75. The van der Waals surface area contributed by atoms with Crippen molar-refractivity contribution in [2.24, 2.45) is 11.8 Å². The van der Waals surface area contributed by atoms with Crippen LogP contribution in [-0.4, -0.2) is 20.6 Å². The summed E-state index contributed by atoms with van der Waals surface area (Å²) < 4.78 is 1.90. The third kappa shape index (κ3) is 2.19. The fourth-order valence-corrected chi connectivity index (χ4v) is 2.33. The normalized spacial score (nSPS) is 25.7. The van der Waals surface area contributed by atoms with E-state index < -0.39 is 5.97 Å². The maximum atomic E-state index is 10.6. The SMILES string of the molecule is CC1CCCC1Cn1cnc(C(=O)O)c1. The molecule has 15 heavy (non-hydrogen) atoms. The monoisotopic (exact) mass is 208 g/mol. The Morgan fingerprint density at radius 2 is 2.47 bits per heavy atom. The lowest BCUT2D eigenvalue weighted by Crippen LogP contribution is -2.11. The van der Waals surface area contributed by atoms with Crippen LogP contribution in [0.25, 0.3) is 0 Å². The molecule has 0 bridgehead atoms. The molecule has 2 atom stereocenters. The Labute approximate surface area is 88.9 Å². The van der Waals surface area contributed by atoms with Crippen LogP contribution in [0.4, 0.5) is 0 Å². The predicted molar refractivity (Wildman–Crippen MR) is 55.7 cm³/mol. The summed E-state index contributed by atoms with van der Waals surface area (Å²) in [6.45, 7) is 3.17. The van der Waals surface area contributed by atoms with Crippen molar-refractivity contribution in [1.82, 2.24) is 9.55 Å². The smallest absolute Gasteiger partial charge is 0.356 e. The number of aromatic nitrogens is 2. The molecule has 2 unspecified atom stereocenters. The molecule has 0 aromatic carbocycles. The van der Waals surface area contributed by atoms with Gasteiger partial charge in [-0.3, -0.25) is 0 Å². The Morgan fingerprint density at radius 3 is 3.00 bits per heavy atom. The van der Waals surface area contributed by atoms with E-state index in [9.17, 15) is 4.79 Å². The molecule has 4 heteroatoms. The van der Waals surface area contributed by atoms with E-state index in [1.807, 2.05) is 4.57 Å². The Morgan fingerprint density at radius 1 is 1.67 bits per heavy atom. The number of carboxylic acid groups (broad SMARTS) is 1. The van der Waals surface area contributed by atoms with Crippen LogP contribution in [0.2, 0.25) is 0 Å². The van der Waals surface area contributed by atoms with E-state index in [0.717, 1.165) is 12.5 Å². The average molecular weight is 208 g/mol. The van der Waals surface area contributed by atoms with Crippen LogP contribution in [0.5, 0.6) is 0 Å². The lowest BCUT2D eigenvalue weighted by Gasteiger charge is -2.15. The molecule has 0 saturated heterocycles. The number of hydrogen-bond acceptors (Lipinski definition) is 2. The second-order valence-electron chi connectivity index (χ2n) is 4.43. The molecule has 1 heterocycles. The third-order valence-corrected chi connectivity index (χ3v) is 3.34. The van der Waals surface area contributed by atoms with Gasteiger partial charge in [0, 0.05) is 12.7 Å². The summed E-state index contributed by atoms with van der Waals surface area (Å²) in [6, 6.07) is 0. The van der Waals surface area contributed by atoms with Gasteiger partial charge in [0.2, 0.25) is 0 Å². The van der Waals surface area contributed by atoms with Crippen LogP contribution < -0.4 is 0 Å². The van der Waals surface area contributed by atoms with Crippen molar-refractivity contribution in [2.75, 3.05) is 0 Å². The van der Waals surface area contributed by atoms with Gasteiger partial charge in [-0.1, -0.05) is 19.8 Å². The van der Waals surface area contributed by atoms with Gasteiger partial charge in [0.05, 0.1) is 6.33 Å². The summed E-state index contributed by atoms with van der Waals surface area (Å²) in [6.07, 6.45) is 7.08. The second kappa shape index (κ2) is 4.04. The van der Waals surface area contributed by atoms with Crippen LogP contribution in [0.1, 0.15) is 36.7 Å². The molecular weight excluding hydrogens is 192 g/mol. The highest BCUT2D eigenvalue weighted by molar-refractivity contribution is 5.84. The lowest BCUT2D eigenvalue weighted by atomic mass is 9.98. The molecule has 0 aliphatic heterocycles. The quantitative estimate of drug-likeness (QED) is 0.826. The molecule has 0 spiro atoms. The summed E-state index contributed by atoms with van der Waals surface area (Å²) in [5.41, 5.74) is 0.139. The van der Waals surface area contributed by atoms with E-state index in [2.05, 4.69) is 11.9 Å². The van der Waals surface area contributed by atoms with Gasteiger partial charge in [-0.2, -0.15) is 0 Å². The fraction of sp³-hybridized carbons (Fsp3) is 0.636.